The van der Waals surface area contributed by atoms with Gasteiger partial charge in [-0.05, 0) is 24.3 Å². The summed E-state index contributed by atoms with van der Waals surface area (Å²) in [4.78, 5) is 42.0. The van der Waals surface area contributed by atoms with Gasteiger partial charge in [-0.2, -0.15) is 5.10 Å². The molecule has 2 heterocycles. The monoisotopic (exact) mass is 341 g/mol. The Balaban J connectivity index is 1.70. The fourth-order valence-electron chi connectivity index (χ4n) is 2.57. The quantitative estimate of drug-likeness (QED) is 0.723. The van der Waals surface area contributed by atoms with Gasteiger partial charge in [0, 0.05) is 5.39 Å². The summed E-state index contributed by atoms with van der Waals surface area (Å²) in [5.41, 5.74) is 0.731. The molecule has 8 heteroatoms. The molecule has 1 aromatic heterocycles. The van der Waals surface area contributed by atoms with E-state index in [1.54, 1.807) is 18.2 Å². The number of hydroxylamine groups is 2. The van der Waals surface area contributed by atoms with Crippen molar-refractivity contribution in [3.05, 3.63) is 64.3 Å². The van der Waals surface area contributed by atoms with Crippen LogP contribution in [0, 0.1) is 0 Å². The predicted octanol–water partition coefficient (Wildman–Crippen LogP) is 2.58. The summed E-state index contributed by atoms with van der Waals surface area (Å²) in [6, 6.07) is 9.42. The Labute approximate surface area is 139 Å². The van der Waals surface area contributed by atoms with Crippen molar-refractivity contribution >= 4 is 40.3 Å². The molecule has 1 N–H and O–H groups in total. The van der Waals surface area contributed by atoms with Gasteiger partial charge in [0.1, 0.15) is 5.56 Å². The van der Waals surface area contributed by atoms with Crippen LogP contribution in [0.5, 0.6) is 0 Å². The molecule has 0 saturated heterocycles. The molecule has 4 rings (SSSR count). The van der Waals surface area contributed by atoms with Gasteiger partial charge in [-0.1, -0.05) is 28.8 Å². The normalized spacial score (nSPS) is 13.5. The molecule has 2 amide bonds. The number of benzene rings is 2. The molecular formula is C16H8ClN3O4. The molecule has 0 radical (unpaired) electrons. The minimum atomic E-state index is -0.927. The third kappa shape index (κ3) is 1.99. The van der Waals surface area contributed by atoms with E-state index in [0.29, 0.717) is 16.0 Å². The molecule has 1 aliphatic heterocycles. The number of nitrogens with zero attached hydrogens (tertiary/aromatic N) is 2. The van der Waals surface area contributed by atoms with Crippen LogP contribution in [-0.4, -0.2) is 33.0 Å². The van der Waals surface area contributed by atoms with Gasteiger partial charge in [-0.15, -0.1) is 0 Å². The number of imide groups is 1. The van der Waals surface area contributed by atoms with E-state index < -0.39 is 17.8 Å². The van der Waals surface area contributed by atoms with Gasteiger partial charge in [-0.3, -0.25) is 14.7 Å². The summed E-state index contributed by atoms with van der Waals surface area (Å²) in [5, 5.41) is 7.70. The first kappa shape index (κ1) is 14.4. The zero-order valence-electron chi connectivity index (χ0n) is 11.9. The summed E-state index contributed by atoms with van der Waals surface area (Å²) < 4.78 is 0. The third-order valence-corrected chi connectivity index (χ3v) is 4.02. The number of hydrogen-bond donors (Lipinski definition) is 1. The number of hydrogen-bond acceptors (Lipinski definition) is 5. The largest absolute Gasteiger partial charge is 0.367 e. The van der Waals surface area contributed by atoms with Crippen molar-refractivity contribution in [2.45, 2.75) is 0 Å². The first-order valence-electron chi connectivity index (χ1n) is 6.89. The average molecular weight is 342 g/mol. The first-order valence-corrected chi connectivity index (χ1v) is 7.27. The molecule has 7 nitrogen and oxygen atoms in total. The number of carbonyl (C=O) groups is 3. The molecule has 3 aromatic rings. The molecule has 1 aliphatic rings. The Kier molecular flexibility index (Phi) is 3.10. The van der Waals surface area contributed by atoms with E-state index in [4.69, 9.17) is 16.4 Å². The van der Waals surface area contributed by atoms with E-state index in [2.05, 4.69) is 10.2 Å². The highest BCUT2D eigenvalue weighted by Gasteiger charge is 2.39. The molecule has 0 spiro atoms. The van der Waals surface area contributed by atoms with Crippen LogP contribution in [0.1, 0.15) is 31.1 Å². The molecule has 24 heavy (non-hydrogen) atoms. The minimum absolute atomic E-state index is 0.00298. The molecule has 0 aliphatic carbocycles. The van der Waals surface area contributed by atoms with Crippen LogP contribution in [-0.2, 0) is 4.84 Å². The molecule has 0 fully saturated rings. The summed E-state index contributed by atoms with van der Waals surface area (Å²) in [5.74, 6) is -2.32. The Morgan fingerprint density at radius 3 is 2.42 bits per heavy atom. The number of halogens is 1. The number of nitrogens with one attached hydrogen (secondary N) is 1. The van der Waals surface area contributed by atoms with Crippen molar-refractivity contribution in [1.82, 2.24) is 15.3 Å². The van der Waals surface area contributed by atoms with Crippen molar-refractivity contribution in [3.8, 4) is 0 Å². The van der Waals surface area contributed by atoms with Gasteiger partial charge in [0.15, 0.2) is 0 Å². The number of carbonyl (C=O) groups excluding carboxylic acids is 3. The molecular weight excluding hydrogens is 334 g/mol. The van der Waals surface area contributed by atoms with Gasteiger partial charge in [0.05, 0.1) is 27.9 Å². The lowest BCUT2D eigenvalue weighted by molar-refractivity contribution is -0.0583. The lowest BCUT2D eigenvalue weighted by atomic mass is 10.1. The van der Waals surface area contributed by atoms with Crippen LogP contribution in [0.4, 0.5) is 0 Å². The SMILES string of the molecule is O=C(ON1C(=O)c2ccccc2C1=O)c1c(Cl)ccc2cn[nH]c12. The lowest BCUT2D eigenvalue weighted by Crippen LogP contribution is -2.32. The van der Waals surface area contributed by atoms with E-state index >= 15 is 0 Å². The summed E-state index contributed by atoms with van der Waals surface area (Å²) >= 11 is 6.07. The number of amides is 2. The van der Waals surface area contributed by atoms with Crippen LogP contribution in [0.3, 0.4) is 0 Å². The van der Waals surface area contributed by atoms with Crippen LogP contribution in [0.25, 0.3) is 10.9 Å². The zero-order valence-corrected chi connectivity index (χ0v) is 12.7. The molecule has 118 valence electrons. The molecule has 2 aromatic carbocycles. The maximum atomic E-state index is 12.5. The Hall–Kier alpha value is -3.19. The zero-order chi connectivity index (χ0) is 16.8. The standard InChI is InChI=1S/C16H8ClN3O4/c17-11-6-5-8-7-18-19-13(8)12(11)16(23)24-20-14(21)9-3-1-2-4-10(9)15(20)22/h1-7H,(H,18,19). The van der Waals surface area contributed by atoms with Gasteiger partial charge >= 0.3 is 5.97 Å². The van der Waals surface area contributed by atoms with Gasteiger partial charge < -0.3 is 4.84 Å². The van der Waals surface area contributed by atoms with Crippen LogP contribution < -0.4 is 0 Å². The second kappa shape index (κ2) is 5.17. The molecule has 0 atom stereocenters. The molecule has 0 saturated carbocycles. The molecule has 0 bridgehead atoms. The van der Waals surface area contributed by atoms with Crippen LogP contribution >= 0.6 is 11.6 Å². The van der Waals surface area contributed by atoms with Crippen LogP contribution in [0.2, 0.25) is 5.02 Å². The minimum Gasteiger partial charge on any atom is -0.324 e. The van der Waals surface area contributed by atoms with E-state index in [9.17, 15) is 14.4 Å². The predicted molar refractivity (Wildman–Crippen MR) is 83.5 cm³/mol. The van der Waals surface area contributed by atoms with Crippen molar-refractivity contribution in [1.29, 1.82) is 0 Å². The Morgan fingerprint density at radius 1 is 1.08 bits per heavy atom. The highest BCUT2D eigenvalue weighted by atomic mass is 35.5. The molecule has 0 unspecified atom stereocenters. The smallest absolute Gasteiger partial charge is 0.324 e. The van der Waals surface area contributed by atoms with E-state index in [-0.39, 0.29) is 21.7 Å². The average Bonchev–Trinajstić information content (AvgIpc) is 3.14. The highest BCUT2D eigenvalue weighted by molar-refractivity contribution is 6.35. The number of rotatable bonds is 2. The van der Waals surface area contributed by atoms with Crippen LogP contribution in [0.15, 0.2) is 42.6 Å². The van der Waals surface area contributed by atoms with E-state index in [0.717, 1.165) is 0 Å². The number of aromatic amines is 1. The second-order valence-electron chi connectivity index (χ2n) is 5.09. The number of aromatic nitrogens is 2. The highest BCUT2D eigenvalue weighted by Crippen LogP contribution is 2.28. The van der Waals surface area contributed by atoms with E-state index in [1.807, 2.05) is 0 Å². The van der Waals surface area contributed by atoms with Gasteiger partial charge in [0.2, 0.25) is 0 Å². The topological polar surface area (TPSA) is 92.4 Å². The maximum Gasteiger partial charge on any atom is 0.367 e. The van der Waals surface area contributed by atoms with E-state index in [1.165, 1.54) is 24.4 Å². The van der Waals surface area contributed by atoms with Gasteiger partial charge in [0.25, 0.3) is 11.8 Å². The van der Waals surface area contributed by atoms with Crippen molar-refractivity contribution in [3.63, 3.8) is 0 Å². The van der Waals surface area contributed by atoms with Gasteiger partial charge in [-0.25, -0.2) is 4.79 Å². The number of fused-ring (bicyclic) bond motifs is 2. The Bertz CT molecular complexity index is 992. The van der Waals surface area contributed by atoms with Crippen molar-refractivity contribution < 1.29 is 19.2 Å². The second-order valence-corrected chi connectivity index (χ2v) is 5.49. The first-order chi connectivity index (χ1) is 11.6. The Morgan fingerprint density at radius 2 is 1.75 bits per heavy atom. The maximum absolute atomic E-state index is 12.5. The van der Waals surface area contributed by atoms with Crippen molar-refractivity contribution in [2.24, 2.45) is 0 Å². The summed E-state index contributed by atoms with van der Waals surface area (Å²) in [6.45, 7) is 0. The third-order valence-electron chi connectivity index (χ3n) is 3.70. The summed E-state index contributed by atoms with van der Waals surface area (Å²) in [6.07, 6.45) is 1.52. The fourth-order valence-corrected chi connectivity index (χ4v) is 2.80. The fraction of sp³-hybridized carbons (Fsp3) is 0. The number of H-pyrrole nitrogens is 1. The summed E-state index contributed by atoms with van der Waals surface area (Å²) in [7, 11) is 0. The van der Waals surface area contributed by atoms with Crippen molar-refractivity contribution in [2.75, 3.05) is 0 Å². The lowest BCUT2D eigenvalue weighted by Gasteiger charge is -2.13.